The summed E-state index contributed by atoms with van der Waals surface area (Å²) >= 11 is 1.64. The van der Waals surface area contributed by atoms with Crippen LogP contribution in [-0.4, -0.2) is 21.0 Å². The number of aromatic carboxylic acids is 1. The van der Waals surface area contributed by atoms with Crippen molar-refractivity contribution >= 4 is 28.1 Å². The molecule has 3 rings (SSSR count). The molecule has 0 spiro atoms. The Kier molecular flexibility index (Phi) is 2.71. The lowest BCUT2D eigenvalue weighted by Crippen LogP contribution is -2.01. The van der Waals surface area contributed by atoms with Crippen molar-refractivity contribution in [1.82, 2.24) is 9.97 Å². The SMILES string of the molecule is O=C(O)c1cc(Nc2nc3c(s2)CCC3)ccn1. The highest BCUT2D eigenvalue weighted by atomic mass is 32.1. The van der Waals surface area contributed by atoms with E-state index in [-0.39, 0.29) is 5.69 Å². The Balaban J connectivity index is 1.83. The van der Waals surface area contributed by atoms with Crippen LogP contribution in [-0.2, 0) is 12.8 Å². The highest BCUT2D eigenvalue weighted by Gasteiger charge is 2.16. The number of hydrogen-bond acceptors (Lipinski definition) is 5. The smallest absolute Gasteiger partial charge is 0.354 e. The zero-order valence-electron chi connectivity index (χ0n) is 9.51. The summed E-state index contributed by atoms with van der Waals surface area (Å²) in [4.78, 5) is 20.4. The summed E-state index contributed by atoms with van der Waals surface area (Å²) in [7, 11) is 0. The minimum Gasteiger partial charge on any atom is -0.477 e. The molecule has 5 nitrogen and oxygen atoms in total. The van der Waals surface area contributed by atoms with Gasteiger partial charge in [-0.1, -0.05) is 0 Å². The standard InChI is InChI=1S/C12H11N3O2S/c16-11(17)9-6-7(4-5-13-9)14-12-15-8-2-1-3-10(8)18-12/h4-6H,1-3H2,(H,16,17)(H,13,14,15). The predicted octanol–water partition coefficient (Wildman–Crippen LogP) is 2.47. The van der Waals surface area contributed by atoms with E-state index in [0.29, 0.717) is 5.69 Å². The molecule has 0 aliphatic heterocycles. The molecule has 2 N–H and O–H groups in total. The van der Waals surface area contributed by atoms with Gasteiger partial charge >= 0.3 is 5.97 Å². The number of nitrogens with one attached hydrogen (secondary N) is 1. The fourth-order valence-corrected chi connectivity index (χ4v) is 3.06. The number of aryl methyl sites for hydroxylation is 2. The Morgan fingerprint density at radius 2 is 2.33 bits per heavy atom. The number of anilines is 2. The maximum absolute atomic E-state index is 10.8. The summed E-state index contributed by atoms with van der Waals surface area (Å²) in [6, 6.07) is 3.24. The number of pyridine rings is 1. The van der Waals surface area contributed by atoms with Crippen molar-refractivity contribution in [1.29, 1.82) is 0 Å². The molecule has 0 unspecified atom stereocenters. The Morgan fingerprint density at radius 3 is 3.11 bits per heavy atom. The zero-order chi connectivity index (χ0) is 12.5. The van der Waals surface area contributed by atoms with Gasteiger partial charge in [0.25, 0.3) is 0 Å². The first-order chi connectivity index (χ1) is 8.72. The molecule has 0 saturated heterocycles. The van der Waals surface area contributed by atoms with Crippen molar-refractivity contribution in [2.24, 2.45) is 0 Å². The number of carbonyl (C=O) groups is 1. The lowest BCUT2D eigenvalue weighted by atomic mass is 10.3. The van der Waals surface area contributed by atoms with Gasteiger partial charge in [0.2, 0.25) is 0 Å². The van der Waals surface area contributed by atoms with Crippen LogP contribution < -0.4 is 5.32 Å². The van der Waals surface area contributed by atoms with Crippen LogP contribution in [0.3, 0.4) is 0 Å². The number of aromatic nitrogens is 2. The fraction of sp³-hybridized carbons (Fsp3) is 0.250. The van der Waals surface area contributed by atoms with Gasteiger partial charge in [-0.2, -0.15) is 0 Å². The fourth-order valence-electron chi connectivity index (χ4n) is 1.99. The first-order valence-corrected chi connectivity index (χ1v) is 6.49. The average Bonchev–Trinajstić information content (AvgIpc) is 2.90. The third-order valence-electron chi connectivity index (χ3n) is 2.83. The molecule has 0 fully saturated rings. The summed E-state index contributed by atoms with van der Waals surface area (Å²) < 4.78 is 0. The molecule has 2 aromatic rings. The lowest BCUT2D eigenvalue weighted by molar-refractivity contribution is 0.0690. The molecular formula is C12H11N3O2S. The number of carboxylic acids is 1. The molecule has 6 heteroatoms. The van der Waals surface area contributed by atoms with Crippen molar-refractivity contribution in [2.75, 3.05) is 5.32 Å². The molecule has 0 radical (unpaired) electrons. The highest BCUT2D eigenvalue weighted by molar-refractivity contribution is 7.15. The van der Waals surface area contributed by atoms with Crippen LogP contribution in [0.4, 0.5) is 10.8 Å². The second-order valence-corrected chi connectivity index (χ2v) is 5.19. The molecule has 0 aromatic carbocycles. The van der Waals surface area contributed by atoms with Crippen molar-refractivity contribution in [3.05, 3.63) is 34.6 Å². The van der Waals surface area contributed by atoms with Gasteiger partial charge in [0.05, 0.1) is 5.69 Å². The van der Waals surface area contributed by atoms with Gasteiger partial charge in [0.15, 0.2) is 5.13 Å². The summed E-state index contributed by atoms with van der Waals surface area (Å²) in [5.74, 6) is -1.03. The molecule has 92 valence electrons. The van der Waals surface area contributed by atoms with Crippen molar-refractivity contribution in [2.45, 2.75) is 19.3 Å². The van der Waals surface area contributed by atoms with Gasteiger partial charge in [-0.05, 0) is 31.4 Å². The maximum Gasteiger partial charge on any atom is 0.354 e. The summed E-state index contributed by atoms with van der Waals surface area (Å²) in [6.07, 6.45) is 4.82. The second kappa shape index (κ2) is 4.38. The van der Waals surface area contributed by atoms with E-state index in [1.807, 2.05) is 0 Å². The number of rotatable bonds is 3. The highest BCUT2D eigenvalue weighted by Crippen LogP contribution is 2.31. The summed E-state index contributed by atoms with van der Waals surface area (Å²) in [5.41, 5.74) is 1.91. The van der Waals surface area contributed by atoms with E-state index in [1.54, 1.807) is 17.4 Å². The number of fused-ring (bicyclic) bond motifs is 1. The molecule has 0 saturated carbocycles. The van der Waals surface area contributed by atoms with Crippen LogP contribution in [0.2, 0.25) is 0 Å². The Morgan fingerprint density at radius 1 is 1.44 bits per heavy atom. The van der Waals surface area contributed by atoms with Gasteiger partial charge < -0.3 is 10.4 Å². The first-order valence-electron chi connectivity index (χ1n) is 5.67. The van der Waals surface area contributed by atoms with E-state index in [2.05, 4.69) is 15.3 Å². The molecule has 0 atom stereocenters. The molecule has 2 aromatic heterocycles. The number of nitrogens with zero attached hydrogens (tertiary/aromatic N) is 2. The van der Waals surface area contributed by atoms with Crippen molar-refractivity contribution < 1.29 is 9.90 Å². The minimum atomic E-state index is -1.03. The van der Waals surface area contributed by atoms with Gasteiger partial charge in [0.1, 0.15) is 5.69 Å². The van der Waals surface area contributed by atoms with Crippen LogP contribution in [0.25, 0.3) is 0 Å². The maximum atomic E-state index is 10.8. The zero-order valence-corrected chi connectivity index (χ0v) is 10.3. The largest absolute Gasteiger partial charge is 0.477 e. The number of carboxylic acid groups (broad SMARTS) is 1. The second-order valence-electron chi connectivity index (χ2n) is 4.10. The molecular weight excluding hydrogens is 250 g/mol. The molecule has 18 heavy (non-hydrogen) atoms. The first kappa shape index (κ1) is 11.2. The van der Waals surface area contributed by atoms with Gasteiger partial charge in [-0.3, -0.25) is 0 Å². The number of hydrogen-bond donors (Lipinski definition) is 2. The van der Waals surface area contributed by atoms with E-state index in [4.69, 9.17) is 5.11 Å². The van der Waals surface area contributed by atoms with E-state index in [9.17, 15) is 4.79 Å². The van der Waals surface area contributed by atoms with Crippen molar-refractivity contribution in [3.8, 4) is 0 Å². The topological polar surface area (TPSA) is 75.1 Å². The monoisotopic (exact) mass is 261 g/mol. The van der Waals surface area contributed by atoms with Crippen LogP contribution in [0, 0.1) is 0 Å². The van der Waals surface area contributed by atoms with Crippen molar-refractivity contribution in [3.63, 3.8) is 0 Å². The van der Waals surface area contributed by atoms with Gasteiger partial charge in [0, 0.05) is 16.8 Å². The van der Waals surface area contributed by atoms with E-state index in [0.717, 1.165) is 18.0 Å². The molecule has 1 aliphatic rings. The van der Waals surface area contributed by atoms with Crippen LogP contribution in [0.15, 0.2) is 18.3 Å². The predicted molar refractivity (Wildman–Crippen MR) is 68.6 cm³/mol. The third kappa shape index (κ3) is 2.06. The summed E-state index contributed by atoms with van der Waals surface area (Å²) in [5, 5.41) is 12.8. The molecule has 1 aliphatic carbocycles. The molecule has 2 heterocycles. The van der Waals surface area contributed by atoms with E-state index >= 15 is 0 Å². The summed E-state index contributed by atoms with van der Waals surface area (Å²) in [6.45, 7) is 0. The number of thiazole rings is 1. The normalized spacial score (nSPS) is 13.3. The Hall–Kier alpha value is -1.95. The van der Waals surface area contributed by atoms with Gasteiger partial charge in [-0.15, -0.1) is 11.3 Å². The van der Waals surface area contributed by atoms with Crippen LogP contribution in [0.5, 0.6) is 0 Å². The lowest BCUT2D eigenvalue weighted by Gasteiger charge is -2.02. The third-order valence-corrected chi connectivity index (χ3v) is 3.90. The minimum absolute atomic E-state index is 0.0316. The molecule has 0 bridgehead atoms. The Bertz CT molecular complexity index is 588. The van der Waals surface area contributed by atoms with Gasteiger partial charge in [-0.25, -0.2) is 14.8 Å². The quantitative estimate of drug-likeness (QED) is 0.887. The molecule has 0 amide bonds. The average molecular weight is 261 g/mol. The van der Waals surface area contributed by atoms with Crippen LogP contribution >= 0.6 is 11.3 Å². The Labute approximate surface area is 108 Å². The van der Waals surface area contributed by atoms with E-state index in [1.165, 1.54) is 29.3 Å². The van der Waals surface area contributed by atoms with E-state index < -0.39 is 5.97 Å². The van der Waals surface area contributed by atoms with Crippen LogP contribution in [0.1, 0.15) is 27.5 Å².